The van der Waals surface area contributed by atoms with Gasteiger partial charge in [0.2, 0.25) is 0 Å². The van der Waals surface area contributed by atoms with Gasteiger partial charge in [-0.1, -0.05) is 23.7 Å². The van der Waals surface area contributed by atoms with Gasteiger partial charge in [0, 0.05) is 11.8 Å². The first kappa shape index (κ1) is 13.6. The summed E-state index contributed by atoms with van der Waals surface area (Å²) in [4.78, 5) is 12.2. The Hall–Kier alpha value is -1.33. The van der Waals surface area contributed by atoms with Crippen LogP contribution in [-0.2, 0) is 9.84 Å². The molecule has 0 spiro atoms. The van der Waals surface area contributed by atoms with E-state index in [4.69, 9.17) is 16.0 Å². The highest BCUT2D eigenvalue weighted by Crippen LogP contribution is 2.29. The predicted molar refractivity (Wildman–Crippen MR) is 76.9 cm³/mol. The number of sulfone groups is 1. The molecule has 1 aliphatic heterocycles. The Morgan fingerprint density at radius 2 is 2.20 bits per heavy atom. The minimum atomic E-state index is -2.96. The van der Waals surface area contributed by atoms with Gasteiger partial charge in [-0.25, -0.2) is 8.42 Å². The minimum Gasteiger partial charge on any atom is -0.451 e. The molecule has 6 heteroatoms. The molecule has 2 aromatic rings. The number of rotatable bonds is 3. The Labute approximate surface area is 121 Å². The number of hydrogen-bond acceptors (Lipinski definition) is 4. The third-order valence-corrected chi connectivity index (χ3v) is 5.71. The Kier molecular flexibility index (Phi) is 3.34. The van der Waals surface area contributed by atoms with Crippen molar-refractivity contribution in [1.29, 1.82) is 0 Å². The molecule has 1 aliphatic rings. The molecule has 1 saturated heterocycles. The Morgan fingerprint density at radius 3 is 2.85 bits per heavy atom. The van der Waals surface area contributed by atoms with Gasteiger partial charge in [0.05, 0.1) is 16.5 Å². The number of Topliss-reactive ketones (excluding diaryl/α,β-unsaturated/α-hetero) is 1. The van der Waals surface area contributed by atoms with Crippen molar-refractivity contribution in [3.05, 3.63) is 35.0 Å². The van der Waals surface area contributed by atoms with Crippen molar-refractivity contribution in [3.63, 3.8) is 0 Å². The Bertz CT molecular complexity index is 776. The highest BCUT2D eigenvalue weighted by atomic mass is 35.5. The Balaban J connectivity index is 1.81. The van der Waals surface area contributed by atoms with Crippen molar-refractivity contribution in [2.45, 2.75) is 12.8 Å². The summed E-state index contributed by atoms with van der Waals surface area (Å²) < 4.78 is 28.3. The molecule has 0 bridgehead atoms. The zero-order chi connectivity index (χ0) is 14.3. The van der Waals surface area contributed by atoms with Gasteiger partial charge in [-0.05, 0) is 24.5 Å². The van der Waals surface area contributed by atoms with E-state index in [2.05, 4.69) is 0 Å². The van der Waals surface area contributed by atoms with E-state index < -0.39 is 9.84 Å². The second-order valence-electron chi connectivity index (χ2n) is 5.17. The lowest BCUT2D eigenvalue weighted by molar-refractivity contribution is 0.0940. The molecule has 3 rings (SSSR count). The number of ketones is 1. The summed E-state index contributed by atoms with van der Waals surface area (Å²) >= 11 is 6.00. The predicted octanol–water partition coefficient (Wildman–Crippen LogP) is 3.09. The van der Waals surface area contributed by atoms with Crippen molar-refractivity contribution in [1.82, 2.24) is 0 Å². The van der Waals surface area contributed by atoms with Crippen LogP contribution in [0.15, 0.2) is 28.7 Å². The summed E-state index contributed by atoms with van der Waals surface area (Å²) in [5.74, 6) is 0.254. The van der Waals surface area contributed by atoms with Crippen LogP contribution in [0.25, 0.3) is 11.0 Å². The average Bonchev–Trinajstić information content (AvgIpc) is 2.94. The van der Waals surface area contributed by atoms with Crippen LogP contribution in [0.1, 0.15) is 23.4 Å². The third kappa shape index (κ3) is 2.60. The molecule has 4 nitrogen and oxygen atoms in total. The molecule has 0 aliphatic carbocycles. The summed E-state index contributed by atoms with van der Waals surface area (Å²) in [5.41, 5.74) is 0.497. The van der Waals surface area contributed by atoms with Crippen LogP contribution in [0.5, 0.6) is 0 Å². The second-order valence-corrected chi connectivity index (χ2v) is 7.80. The van der Waals surface area contributed by atoms with Crippen LogP contribution < -0.4 is 0 Å². The molecule has 1 atom stereocenters. The zero-order valence-corrected chi connectivity index (χ0v) is 12.2. The lowest BCUT2D eigenvalue weighted by atomic mass is 10.0. The molecule has 0 amide bonds. The quantitative estimate of drug-likeness (QED) is 0.817. The topological polar surface area (TPSA) is 64.3 Å². The van der Waals surface area contributed by atoms with E-state index in [1.807, 2.05) is 6.07 Å². The first-order chi connectivity index (χ1) is 9.44. The number of carbonyl (C=O) groups is 1. The average molecular weight is 313 g/mol. The standard InChI is InChI=1S/C14H13ClO4S/c15-11-3-1-2-10-7-13(19-14(10)11)12(16)6-9-4-5-20(17,18)8-9/h1-3,7,9H,4-6,8H2. The fourth-order valence-electron chi connectivity index (χ4n) is 2.56. The number of fused-ring (bicyclic) bond motifs is 1. The fraction of sp³-hybridized carbons (Fsp3) is 0.357. The van der Waals surface area contributed by atoms with Crippen molar-refractivity contribution in [3.8, 4) is 0 Å². The third-order valence-electron chi connectivity index (χ3n) is 3.57. The van der Waals surface area contributed by atoms with Gasteiger partial charge in [0.15, 0.2) is 27.0 Å². The maximum atomic E-state index is 12.2. The van der Waals surface area contributed by atoms with E-state index in [1.165, 1.54) is 0 Å². The second kappa shape index (κ2) is 4.90. The highest BCUT2D eigenvalue weighted by molar-refractivity contribution is 7.91. The zero-order valence-electron chi connectivity index (χ0n) is 10.6. The van der Waals surface area contributed by atoms with Crippen LogP contribution >= 0.6 is 11.6 Å². The van der Waals surface area contributed by atoms with E-state index in [0.717, 1.165) is 5.39 Å². The summed E-state index contributed by atoms with van der Waals surface area (Å²) in [7, 11) is -2.96. The van der Waals surface area contributed by atoms with Crippen LogP contribution in [0, 0.1) is 5.92 Å². The molecule has 0 radical (unpaired) electrons. The monoisotopic (exact) mass is 312 g/mol. The van der Waals surface area contributed by atoms with Gasteiger partial charge >= 0.3 is 0 Å². The van der Waals surface area contributed by atoms with E-state index >= 15 is 0 Å². The molecular formula is C14H13ClO4S. The van der Waals surface area contributed by atoms with Gasteiger partial charge in [-0.2, -0.15) is 0 Å². The molecule has 20 heavy (non-hydrogen) atoms. The van der Waals surface area contributed by atoms with Gasteiger partial charge in [0.25, 0.3) is 0 Å². The van der Waals surface area contributed by atoms with Gasteiger partial charge < -0.3 is 4.42 Å². The summed E-state index contributed by atoms with van der Waals surface area (Å²) in [5, 5.41) is 1.24. The lowest BCUT2D eigenvalue weighted by Gasteiger charge is -2.03. The van der Waals surface area contributed by atoms with E-state index in [9.17, 15) is 13.2 Å². The van der Waals surface area contributed by atoms with Crippen LogP contribution in [0.4, 0.5) is 0 Å². The van der Waals surface area contributed by atoms with E-state index in [0.29, 0.717) is 17.0 Å². The summed E-state index contributed by atoms with van der Waals surface area (Å²) in [6, 6.07) is 6.97. The Morgan fingerprint density at radius 1 is 1.40 bits per heavy atom. The first-order valence-corrected chi connectivity index (χ1v) is 8.56. The molecule has 0 N–H and O–H groups in total. The lowest BCUT2D eigenvalue weighted by Crippen LogP contribution is -2.10. The first-order valence-electron chi connectivity index (χ1n) is 6.36. The van der Waals surface area contributed by atoms with Crippen molar-refractivity contribution < 1.29 is 17.6 Å². The van der Waals surface area contributed by atoms with Crippen LogP contribution in [0.3, 0.4) is 0 Å². The van der Waals surface area contributed by atoms with Gasteiger partial charge in [-0.3, -0.25) is 4.79 Å². The molecule has 1 unspecified atom stereocenters. The SMILES string of the molecule is O=C(CC1CCS(=O)(=O)C1)c1cc2cccc(Cl)c2o1. The molecule has 1 aromatic carbocycles. The number of hydrogen-bond donors (Lipinski definition) is 0. The van der Waals surface area contributed by atoms with Crippen molar-refractivity contribution >= 4 is 38.2 Å². The number of para-hydroxylation sites is 1. The number of benzene rings is 1. The van der Waals surface area contributed by atoms with Crippen LogP contribution in [-0.4, -0.2) is 25.7 Å². The van der Waals surface area contributed by atoms with Gasteiger partial charge in [0.1, 0.15) is 0 Å². The molecule has 106 valence electrons. The smallest absolute Gasteiger partial charge is 0.198 e. The van der Waals surface area contributed by atoms with Crippen LogP contribution in [0.2, 0.25) is 5.02 Å². The molecule has 1 aromatic heterocycles. The number of furan rings is 1. The molecular weight excluding hydrogens is 300 g/mol. The highest BCUT2D eigenvalue weighted by Gasteiger charge is 2.30. The summed E-state index contributed by atoms with van der Waals surface area (Å²) in [6.07, 6.45) is 0.756. The minimum absolute atomic E-state index is 0.0969. The normalized spacial score (nSPS) is 21.4. The molecule has 0 saturated carbocycles. The maximum absolute atomic E-state index is 12.2. The molecule has 1 fully saturated rings. The largest absolute Gasteiger partial charge is 0.451 e. The van der Waals surface area contributed by atoms with E-state index in [-0.39, 0.29) is 35.4 Å². The van der Waals surface area contributed by atoms with Crippen molar-refractivity contribution in [2.24, 2.45) is 5.92 Å². The van der Waals surface area contributed by atoms with E-state index in [1.54, 1.807) is 18.2 Å². The number of halogens is 1. The van der Waals surface area contributed by atoms with Crippen molar-refractivity contribution in [2.75, 3.05) is 11.5 Å². The number of carbonyl (C=O) groups excluding carboxylic acids is 1. The maximum Gasteiger partial charge on any atom is 0.198 e. The molecule has 2 heterocycles. The fourth-order valence-corrected chi connectivity index (χ4v) is 4.64. The van der Waals surface area contributed by atoms with Gasteiger partial charge in [-0.15, -0.1) is 0 Å². The summed E-state index contributed by atoms with van der Waals surface area (Å²) in [6.45, 7) is 0.